The van der Waals surface area contributed by atoms with Crippen LogP contribution in [0.25, 0.3) is 17.4 Å². The fourth-order valence-corrected chi connectivity index (χ4v) is 6.00. The molecule has 0 amide bonds. The molecule has 0 N–H and O–H groups in total. The van der Waals surface area contributed by atoms with E-state index in [2.05, 4.69) is 4.99 Å². The van der Waals surface area contributed by atoms with E-state index >= 15 is 0 Å². The molecule has 5 rings (SSSR count). The Labute approximate surface area is 233 Å². The second-order valence-electron chi connectivity index (χ2n) is 9.41. The summed E-state index contributed by atoms with van der Waals surface area (Å²) >= 11 is 1.19. The molecule has 0 fully saturated rings. The van der Waals surface area contributed by atoms with Crippen LogP contribution in [0.3, 0.4) is 0 Å². The van der Waals surface area contributed by atoms with Crippen LogP contribution in [0.5, 0.6) is 5.75 Å². The lowest BCUT2D eigenvalue weighted by molar-refractivity contribution is -0.384. The van der Waals surface area contributed by atoms with E-state index in [0.29, 0.717) is 32.2 Å². The molecule has 11 heteroatoms. The highest BCUT2D eigenvalue weighted by Gasteiger charge is 2.41. The molecule has 1 aliphatic rings. The molecule has 4 aromatic rings. The Bertz CT molecular complexity index is 1770. The highest BCUT2D eigenvalue weighted by molar-refractivity contribution is 7.07. The van der Waals surface area contributed by atoms with E-state index < -0.39 is 28.9 Å². The topological polar surface area (TPSA) is 126 Å². The first-order chi connectivity index (χ1) is 19.2. The number of carbonyl (C=O) groups excluding carboxylic acids is 1. The molecule has 0 saturated carbocycles. The molecule has 2 aromatic carbocycles. The van der Waals surface area contributed by atoms with Crippen molar-refractivity contribution in [3.8, 4) is 17.1 Å². The standard InChI is InChI=1S/C29H27N3O7S/c1-5-38-28(34)25-17(3)30-29-31(26(25)18-7-9-19(37-4)10-8-18)27(33)24(40-29)15-20-11-13-23(39-20)21-12-6-16(2)14-22(21)32(35)36/h6-15,17,25-26H,5H2,1-4H3. The maximum absolute atomic E-state index is 13.8. The highest BCUT2D eigenvalue weighted by Crippen LogP contribution is 2.34. The fraction of sp³-hybridized carbons (Fsp3) is 0.276. The zero-order valence-corrected chi connectivity index (χ0v) is 23.1. The Morgan fingerprint density at radius 1 is 1.20 bits per heavy atom. The normalized spacial score (nSPS) is 18.6. The molecule has 1 aliphatic heterocycles. The summed E-state index contributed by atoms with van der Waals surface area (Å²) in [5.41, 5.74) is 1.47. The number of carbonyl (C=O) groups is 1. The number of nitro groups is 1. The van der Waals surface area contributed by atoms with Gasteiger partial charge < -0.3 is 13.9 Å². The Morgan fingerprint density at radius 3 is 2.62 bits per heavy atom. The molecule has 3 heterocycles. The van der Waals surface area contributed by atoms with Crippen molar-refractivity contribution in [2.24, 2.45) is 10.9 Å². The maximum atomic E-state index is 13.8. The number of furan rings is 1. The van der Waals surface area contributed by atoms with Gasteiger partial charge >= 0.3 is 5.97 Å². The van der Waals surface area contributed by atoms with Gasteiger partial charge in [0.1, 0.15) is 23.2 Å². The first-order valence-corrected chi connectivity index (χ1v) is 13.5. The van der Waals surface area contributed by atoms with E-state index in [1.165, 1.54) is 22.0 Å². The average molecular weight is 562 g/mol. The fourth-order valence-electron chi connectivity index (χ4n) is 4.93. The highest BCUT2D eigenvalue weighted by atomic mass is 32.1. The molecule has 0 saturated heterocycles. The molecule has 40 heavy (non-hydrogen) atoms. The summed E-state index contributed by atoms with van der Waals surface area (Å²) in [6.45, 7) is 5.56. The van der Waals surface area contributed by atoms with E-state index in [1.54, 1.807) is 63.4 Å². The van der Waals surface area contributed by atoms with Crippen LogP contribution in [0.2, 0.25) is 0 Å². The Balaban J connectivity index is 1.62. The summed E-state index contributed by atoms with van der Waals surface area (Å²) in [5, 5.41) is 11.6. The zero-order valence-electron chi connectivity index (χ0n) is 22.3. The third-order valence-corrected chi connectivity index (χ3v) is 7.82. The summed E-state index contributed by atoms with van der Waals surface area (Å²) in [7, 11) is 1.57. The van der Waals surface area contributed by atoms with Gasteiger partial charge in [0.25, 0.3) is 11.2 Å². The molecule has 206 valence electrons. The van der Waals surface area contributed by atoms with Gasteiger partial charge in [-0.05, 0) is 62.2 Å². The van der Waals surface area contributed by atoms with Gasteiger partial charge in [0.2, 0.25) is 0 Å². The number of nitro benzene ring substituents is 1. The molecule has 2 aromatic heterocycles. The number of aromatic nitrogens is 1. The maximum Gasteiger partial charge on any atom is 0.313 e. The van der Waals surface area contributed by atoms with Crippen molar-refractivity contribution in [3.05, 3.63) is 101 Å². The molecule has 0 aliphatic carbocycles. The SMILES string of the molecule is CCOC(=O)C1C(C)N=c2sc(=Cc3ccc(-c4ccc(C)cc4[N+](=O)[O-])o3)c(=O)n2C1c1ccc(OC)cc1. The van der Waals surface area contributed by atoms with Crippen molar-refractivity contribution < 1.29 is 23.6 Å². The lowest BCUT2D eigenvalue weighted by Crippen LogP contribution is -2.47. The largest absolute Gasteiger partial charge is 0.497 e. The number of thiazole rings is 1. The van der Waals surface area contributed by atoms with Gasteiger partial charge in [0.15, 0.2) is 4.80 Å². The van der Waals surface area contributed by atoms with Crippen molar-refractivity contribution in [2.45, 2.75) is 32.9 Å². The lowest BCUT2D eigenvalue weighted by Gasteiger charge is -2.32. The summed E-state index contributed by atoms with van der Waals surface area (Å²) in [5.74, 6) is 0.190. The molecule has 10 nitrogen and oxygen atoms in total. The molecule has 0 spiro atoms. The predicted octanol–water partition coefficient (Wildman–Crippen LogP) is 4.01. The number of hydrogen-bond donors (Lipinski definition) is 0. The van der Waals surface area contributed by atoms with Crippen LogP contribution >= 0.6 is 11.3 Å². The second kappa shape index (κ2) is 10.9. The first kappa shape index (κ1) is 27.1. The zero-order chi connectivity index (χ0) is 28.6. The van der Waals surface area contributed by atoms with Gasteiger partial charge in [-0.3, -0.25) is 29.3 Å². The van der Waals surface area contributed by atoms with E-state index in [-0.39, 0.29) is 17.9 Å². The number of esters is 1. The minimum Gasteiger partial charge on any atom is -0.497 e. The smallest absolute Gasteiger partial charge is 0.313 e. The average Bonchev–Trinajstić information content (AvgIpc) is 3.52. The molecular formula is C29H27N3O7S. The Morgan fingerprint density at radius 2 is 1.95 bits per heavy atom. The van der Waals surface area contributed by atoms with E-state index in [9.17, 15) is 19.7 Å². The van der Waals surface area contributed by atoms with E-state index in [1.807, 2.05) is 19.1 Å². The number of methoxy groups -OCH3 is 1. The van der Waals surface area contributed by atoms with Gasteiger partial charge in [0, 0.05) is 12.1 Å². The predicted molar refractivity (Wildman–Crippen MR) is 149 cm³/mol. The summed E-state index contributed by atoms with van der Waals surface area (Å²) in [6.07, 6.45) is 1.59. The van der Waals surface area contributed by atoms with Crippen molar-refractivity contribution in [3.63, 3.8) is 0 Å². The number of benzene rings is 2. The second-order valence-corrected chi connectivity index (χ2v) is 10.4. The molecule has 3 unspecified atom stereocenters. The number of ether oxygens (including phenoxy) is 2. The third kappa shape index (κ3) is 4.95. The first-order valence-electron chi connectivity index (χ1n) is 12.7. The van der Waals surface area contributed by atoms with Crippen LogP contribution in [0.1, 0.15) is 36.8 Å². The Kier molecular flexibility index (Phi) is 7.40. The Hall–Kier alpha value is -4.51. The lowest BCUT2D eigenvalue weighted by atomic mass is 9.86. The van der Waals surface area contributed by atoms with Crippen LogP contribution in [-0.4, -0.2) is 35.2 Å². The third-order valence-electron chi connectivity index (χ3n) is 6.82. The van der Waals surface area contributed by atoms with Gasteiger partial charge in [0.05, 0.1) is 40.8 Å². The van der Waals surface area contributed by atoms with Gasteiger partial charge in [-0.1, -0.05) is 29.5 Å². The molecular weight excluding hydrogens is 534 g/mol. The molecule has 0 bridgehead atoms. The van der Waals surface area contributed by atoms with Crippen LogP contribution in [-0.2, 0) is 9.53 Å². The van der Waals surface area contributed by atoms with Gasteiger partial charge in [-0.15, -0.1) is 0 Å². The van der Waals surface area contributed by atoms with Crippen molar-refractivity contribution in [1.82, 2.24) is 4.57 Å². The summed E-state index contributed by atoms with van der Waals surface area (Å²) in [6, 6.07) is 14.4. The van der Waals surface area contributed by atoms with Crippen molar-refractivity contribution in [2.75, 3.05) is 13.7 Å². The van der Waals surface area contributed by atoms with Gasteiger partial charge in [-0.25, -0.2) is 0 Å². The number of nitrogens with zero attached hydrogens (tertiary/aromatic N) is 3. The van der Waals surface area contributed by atoms with Gasteiger partial charge in [-0.2, -0.15) is 0 Å². The van der Waals surface area contributed by atoms with Crippen molar-refractivity contribution >= 4 is 29.1 Å². The van der Waals surface area contributed by atoms with E-state index in [4.69, 9.17) is 13.9 Å². The molecule has 3 atom stereocenters. The van der Waals surface area contributed by atoms with Crippen molar-refractivity contribution in [1.29, 1.82) is 0 Å². The number of rotatable bonds is 7. The van der Waals surface area contributed by atoms with Crippen LogP contribution in [0, 0.1) is 23.0 Å². The monoisotopic (exact) mass is 561 g/mol. The minimum absolute atomic E-state index is 0.0623. The molecule has 0 radical (unpaired) electrons. The van der Waals surface area contributed by atoms with E-state index in [0.717, 1.165) is 11.1 Å². The van der Waals surface area contributed by atoms with Crippen LogP contribution < -0.4 is 19.6 Å². The van der Waals surface area contributed by atoms with Crippen LogP contribution in [0.15, 0.2) is 68.8 Å². The summed E-state index contributed by atoms with van der Waals surface area (Å²) in [4.78, 5) is 43.2. The summed E-state index contributed by atoms with van der Waals surface area (Å²) < 4.78 is 18.5. The minimum atomic E-state index is -0.710. The quantitative estimate of drug-likeness (QED) is 0.190. The number of aryl methyl sites for hydroxylation is 1. The number of fused-ring (bicyclic) bond motifs is 1. The number of hydrogen-bond acceptors (Lipinski definition) is 9. The van der Waals surface area contributed by atoms with Crippen LogP contribution in [0.4, 0.5) is 5.69 Å².